The van der Waals surface area contributed by atoms with Crippen LogP contribution in [-0.2, 0) is 26.2 Å². The van der Waals surface area contributed by atoms with E-state index < -0.39 is 28.1 Å². The van der Waals surface area contributed by atoms with Gasteiger partial charge in [-0.05, 0) is 43.7 Å². The number of ether oxygens (including phenoxy) is 2. The third-order valence-electron chi connectivity index (χ3n) is 5.95. The fraction of sp³-hybridized carbons (Fsp3) is 0.333. The van der Waals surface area contributed by atoms with Crippen molar-refractivity contribution in [2.24, 2.45) is 0 Å². The number of aromatic nitrogens is 1. The van der Waals surface area contributed by atoms with Gasteiger partial charge in [-0.15, -0.1) is 0 Å². The van der Waals surface area contributed by atoms with Crippen LogP contribution in [0.1, 0.15) is 23.2 Å². The zero-order valence-electron chi connectivity index (χ0n) is 19.3. The summed E-state index contributed by atoms with van der Waals surface area (Å²) < 4.78 is 38.5. The normalized spacial score (nSPS) is 18.7. The van der Waals surface area contributed by atoms with Crippen LogP contribution in [0.5, 0.6) is 5.75 Å². The maximum Gasteiger partial charge on any atom is 0.324 e. The molecule has 1 aromatic heterocycles. The lowest BCUT2D eigenvalue weighted by atomic mass is 10.1. The molecule has 0 amide bonds. The van der Waals surface area contributed by atoms with E-state index in [1.807, 2.05) is 32.0 Å². The van der Waals surface area contributed by atoms with Crippen molar-refractivity contribution in [1.29, 1.82) is 0 Å². The third-order valence-corrected chi connectivity index (χ3v) is 8.77. The van der Waals surface area contributed by atoms with Crippen molar-refractivity contribution in [3.8, 4) is 5.75 Å². The lowest BCUT2D eigenvalue weighted by Crippen LogP contribution is -2.41. The molecule has 186 valence electrons. The molecule has 0 saturated carbocycles. The van der Waals surface area contributed by atoms with Crippen molar-refractivity contribution >= 4 is 50.1 Å². The molecule has 3 aromatic rings. The molecule has 0 spiro atoms. The van der Waals surface area contributed by atoms with Crippen molar-refractivity contribution in [2.45, 2.75) is 43.9 Å². The Morgan fingerprint density at radius 3 is 2.69 bits per heavy atom. The minimum atomic E-state index is -4.26. The summed E-state index contributed by atoms with van der Waals surface area (Å²) >= 11 is 12.9. The number of benzene rings is 2. The van der Waals surface area contributed by atoms with Crippen molar-refractivity contribution in [2.75, 3.05) is 13.7 Å². The highest BCUT2D eigenvalue weighted by atomic mass is 35.5. The fourth-order valence-electron chi connectivity index (χ4n) is 4.26. The molecule has 1 aliphatic rings. The zero-order valence-corrected chi connectivity index (χ0v) is 21.6. The van der Waals surface area contributed by atoms with Gasteiger partial charge in [-0.2, -0.15) is 4.31 Å². The summed E-state index contributed by atoms with van der Waals surface area (Å²) in [5.41, 5.74) is 2.83. The van der Waals surface area contributed by atoms with E-state index in [1.165, 1.54) is 12.1 Å². The number of para-hydroxylation sites is 1. The maximum absolute atomic E-state index is 13.4. The van der Waals surface area contributed by atoms with Gasteiger partial charge in [0.05, 0.1) is 18.2 Å². The van der Waals surface area contributed by atoms with Crippen molar-refractivity contribution in [3.05, 3.63) is 63.3 Å². The molecule has 35 heavy (non-hydrogen) atoms. The number of fused-ring (bicyclic) bond motifs is 1. The highest BCUT2D eigenvalue weighted by Gasteiger charge is 2.45. The SMILES string of the molecule is COC(=O)[C@@H]1CC(O)CN1S(=O)(=O)c1ccc(Cl)c(COc2cccc3c(C)cc(C)nc23)c1Cl. The van der Waals surface area contributed by atoms with Gasteiger partial charge in [-0.3, -0.25) is 4.79 Å². The summed E-state index contributed by atoms with van der Waals surface area (Å²) in [4.78, 5) is 16.5. The molecule has 1 aliphatic heterocycles. The number of carbonyl (C=O) groups excluding carboxylic acids is 1. The first-order valence-electron chi connectivity index (χ1n) is 10.8. The highest BCUT2D eigenvalue weighted by Crippen LogP contribution is 2.37. The summed E-state index contributed by atoms with van der Waals surface area (Å²) in [5.74, 6) is -0.254. The highest BCUT2D eigenvalue weighted by molar-refractivity contribution is 7.89. The fourth-order valence-corrected chi connectivity index (χ4v) is 6.75. The number of pyridine rings is 1. The second-order valence-electron chi connectivity index (χ2n) is 8.36. The van der Waals surface area contributed by atoms with Crippen molar-refractivity contribution in [1.82, 2.24) is 9.29 Å². The number of sulfonamides is 1. The van der Waals surface area contributed by atoms with Crippen LogP contribution in [0.3, 0.4) is 0 Å². The van der Waals surface area contributed by atoms with E-state index >= 15 is 0 Å². The quantitative estimate of drug-likeness (QED) is 0.472. The number of aryl methyl sites for hydroxylation is 2. The molecular weight excluding hydrogens is 515 g/mol. The number of hydrogen-bond donors (Lipinski definition) is 1. The Balaban J connectivity index is 1.69. The lowest BCUT2D eigenvalue weighted by molar-refractivity contribution is -0.144. The van der Waals surface area contributed by atoms with Gasteiger partial charge in [0.1, 0.15) is 28.8 Å². The number of methoxy groups -OCH3 is 1. The molecule has 8 nitrogen and oxygen atoms in total. The first-order valence-corrected chi connectivity index (χ1v) is 13.0. The largest absolute Gasteiger partial charge is 0.487 e. The first kappa shape index (κ1) is 25.7. The second-order valence-corrected chi connectivity index (χ2v) is 11.0. The number of hydrogen-bond acceptors (Lipinski definition) is 7. The summed E-state index contributed by atoms with van der Waals surface area (Å²) in [7, 11) is -3.10. The number of aliphatic hydroxyl groups excluding tert-OH is 1. The number of aliphatic hydroxyl groups is 1. The van der Waals surface area contributed by atoms with Crippen molar-refractivity contribution < 1.29 is 27.8 Å². The van der Waals surface area contributed by atoms with Crippen LogP contribution in [-0.4, -0.2) is 54.6 Å². The number of nitrogens with zero attached hydrogens (tertiary/aromatic N) is 2. The third kappa shape index (κ3) is 4.83. The first-order chi connectivity index (χ1) is 16.5. The van der Waals surface area contributed by atoms with Crippen LogP contribution in [0.15, 0.2) is 41.3 Å². The summed E-state index contributed by atoms with van der Waals surface area (Å²) in [6, 6.07) is 9.06. The average molecular weight is 539 g/mol. The summed E-state index contributed by atoms with van der Waals surface area (Å²) in [6.07, 6.45) is -1.08. The molecular formula is C24H24Cl2N2O6S. The van der Waals surface area contributed by atoms with Gasteiger partial charge in [-0.25, -0.2) is 13.4 Å². The monoisotopic (exact) mass is 538 g/mol. The Hall–Kier alpha value is -2.43. The van der Waals surface area contributed by atoms with Crippen LogP contribution in [0, 0.1) is 13.8 Å². The number of halogens is 2. The molecule has 0 aliphatic carbocycles. The number of β-amino-alcohol motifs (C(OH)–C–C–N with tert-alkyl or cyclic N) is 1. The molecule has 2 heterocycles. The average Bonchev–Trinajstić information content (AvgIpc) is 3.21. The van der Waals surface area contributed by atoms with E-state index in [1.54, 1.807) is 6.07 Å². The van der Waals surface area contributed by atoms with Gasteiger partial charge in [0, 0.05) is 34.6 Å². The van der Waals surface area contributed by atoms with Gasteiger partial charge in [0.25, 0.3) is 0 Å². The summed E-state index contributed by atoms with van der Waals surface area (Å²) in [6.45, 7) is 3.51. The maximum atomic E-state index is 13.4. The number of esters is 1. The van der Waals surface area contributed by atoms with E-state index in [9.17, 15) is 18.3 Å². The summed E-state index contributed by atoms with van der Waals surface area (Å²) in [5, 5.41) is 11.1. The van der Waals surface area contributed by atoms with Crippen LogP contribution < -0.4 is 4.74 Å². The topological polar surface area (TPSA) is 106 Å². The Morgan fingerprint density at radius 2 is 1.97 bits per heavy atom. The van der Waals surface area contributed by atoms with E-state index in [0.29, 0.717) is 11.3 Å². The Bertz CT molecular complexity index is 1410. The predicted molar refractivity (Wildman–Crippen MR) is 132 cm³/mol. The minimum Gasteiger partial charge on any atom is -0.487 e. The zero-order chi connectivity index (χ0) is 25.5. The molecule has 4 rings (SSSR count). The molecule has 11 heteroatoms. The molecule has 1 saturated heterocycles. The molecule has 0 radical (unpaired) electrons. The van der Waals surface area contributed by atoms with E-state index in [0.717, 1.165) is 28.1 Å². The molecule has 2 atom stereocenters. The smallest absolute Gasteiger partial charge is 0.324 e. The van der Waals surface area contributed by atoms with Crippen LogP contribution in [0.2, 0.25) is 10.0 Å². The number of carbonyl (C=O) groups is 1. The molecule has 0 bridgehead atoms. The molecule has 1 unspecified atom stereocenters. The van der Waals surface area contributed by atoms with E-state index in [4.69, 9.17) is 32.7 Å². The lowest BCUT2D eigenvalue weighted by Gasteiger charge is -2.23. The van der Waals surface area contributed by atoms with Gasteiger partial charge in [-0.1, -0.05) is 35.3 Å². The molecule has 2 aromatic carbocycles. The van der Waals surface area contributed by atoms with Gasteiger partial charge in [0.2, 0.25) is 10.0 Å². The Morgan fingerprint density at radius 1 is 1.23 bits per heavy atom. The van der Waals surface area contributed by atoms with Gasteiger partial charge < -0.3 is 14.6 Å². The van der Waals surface area contributed by atoms with Crippen molar-refractivity contribution in [3.63, 3.8) is 0 Å². The predicted octanol–water partition coefficient (Wildman–Crippen LogP) is 4.03. The van der Waals surface area contributed by atoms with Gasteiger partial charge in [0.15, 0.2) is 0 Å². The second kappa shape index (κ2) is 9.91. The molecule has 1 N–H and O–H groups in total. The van der Waals surface area contributed by atoms with E-state index in [2.05, 4.69) is 4.98 Å². The minimum absolute atomic E-state index is 0.0694. The number of rotatable bonds is 6. The molecule has 1 fully saturated rings. The van der Waals surface area contributed by atoms with E-state index in [-0.39, 0.29) is 40.1 Å². The Kier molecular flexibility index (Phi) is 7.26. The van der Waals surface area contributed by atoms with Crippen LogP contribution in [0.25, 0.3) is 10.9 Å². The Labute approximate surface area is 213 Å². The standard InChI is InChI=1S/C24H24Cl2N2O6S/c1-13-9-14(2)27-23-16(13)5-4-6-20(23)34-12-17-18(25)7-8-21(22(17)26)35(31,32)28-11-15(29)10-19(28)24(30)33-3/h4-9,15,19,29H,10-12H2,1-3H3/t15?,19-/m0/s1. The van der Waals surface area contributed by atoms with Crippen LogP contribution >= 0.6 is 23.2 Å². The van der Waals surface area contributed by atoms with Gasteiger partial charge >= 0.3 is 5.97 Å². The van der Waals surface area contributed by atoms with Crippen LogP contribution in [0.4, 0.5) is 0 Å².